The maximum Gasteiger partial charge on any atom is 0.573 e. The number of ether oxygens (including phenoxy) is 1. The number of rotatable bonds is 5. The number of nitrogens with one attached hydrogen (secondary N) is 1. The van der Waals surface area contributed by atoms with E-state index in [9.17, 15) is 13.2 Å². The lowest BCUT2D eigenvalue weighted by Gasteiger charge is -2.15. The minimum absolute atomic E-state index is 0.0666. The second kappa shape index (κ2) is 6.68. The van der Waals surface area contributed by atoms with E-state index in [0.29, 0.717) is 10.8 Å². The minimum Gasteiger partial charge on any atom is -0.406 e. The molecule has 1 atom stereocenters. The Labute approximate surface area is 129 Å². The molecular formula is C14H13ClF3NOS. The topological polar surface area (TPSA) is 21.3 Å². The van der Waals surface area contributed by atoms with E-state index >= 15 is 0 Å². The molecule has 0 aliphatic carbocycles. The fourth-order valence-electron chi connectivity index (χ4n) is 1.92. The Kier molecular flexibility index (Phi) is 5.13. The van der Waals surface area contributed by atoms with Gasteiger partial charge in [-0.3, -0.25) is 0 Å². The molecule has 114 valence electrons. The largest absolute Gasteiger partial charge is 0.573 e. The molecule has 0 saturated heterocycles. The first kappa shape index (κ1) is 16.1. The standard InChI is InChI=1S/C14H13ClF3NOS/c1-19-11(12-6-7-13(15)21-12)8-9-2-4-10(5-3-9)20-14(16,17)18/h2-7,11,19H,8H2,1H3. The summed E-state index contributed by atoms with van der Waals surface area (Å²) in [5.41, 5.74) is 0.911. The number of hydrogen-bond donors (Lipinski definition) is 1. The van der Waals surface area contributed by atoms with Crippen LogP contribution < -0.4 is 10.1 Å². The van der Waals surface area contributed by atoms with Gasteiger partial charge < -0.3 is 10.1 Å². The minimum atomic E-state index is -4.66. The zero-order valence-corrected chi connectivity index (χ0v) is 12.6. The zero-order valence-electron chi connectivity index (χ0n) is 11.1. The van der Waals surface area contributed by atoms with Crippen molar-refractivity contribution in [3.05, 3.63) is 51.2 Å². The first-order valence-corrected chi connectivity index (χ1v) is 7.34. The first-order chi connectivity index (χ1) is 9.87. The van der Waals surface area contributed by atoms with Gasteiger partial charge in [0.2, 0.25) is 0 Å². The fraction of sp³-hybridized carbons (Fsp3) is 0.286. The summed E-state index contributed by atoms with van der Waals surface area (Å²) in [5.74, 6) is -0.216. The molecule has 1 aromatic heterocycles. The molecule has 1 unspecified atom stereocenters. The SMILES string of the molecule is CNC(Cc1ccc(OC(F)(F)F)cc1)c1ccc(Cl)s1. The van der Waals surface area contributed by atoms with Gasteiger partial charge in [0, 0.05) is 10.9 Å². The molecule has 0 fully saturated rings. The van der Waals surface area contributed by atoms with Gasteiger partial charge in [-0.2, -0.15) is 0 Å². The molecule has 0 radical (unpaired) electrons. The van der Waals surface area contributed by atoms with Crippen molar-refractivity contribution in [2.45, 2.75) is 18.8 Å². The van der Waals surface area contributed by atoms with E-state index < -0.39 is 6.36 Å². The summed E-state index contributed by atoms with van der Waals surface area (Å²) in [5, 5.41) is 3.17. The van der Waals surface area contributed by atoms with E-state index in [1.54, 1.807) is 12.1 Å². The van der Waals surface area contributed by atoms with Crippen molar-refractivity contribution in [1.29, 1.82) is 0 Å². The lowest BCUT2D eigenvalue weighted by molar-refractivity contribution is -0.274. The lowest BCUT2D eigenvalue weighted by atomic mass is 10.0. The highest BCUT2D eigenvalue weighted by molar-refractivity contribution is 7.16. The number of halogens is 4. The molecule has 0 spiro atoms. The van der Waals surface area contributed by atoms with Crippen LogP contribution in [0, 0.1) is 0 Å². The molecule has 1 N–H and O–H groups in total. The van der Waals surface area contributed by atoms with E-state index in [0.717, 1.165) is 10.4 Å². The average molecular weight is 336 g/mol. The van der Waals surface area contributed by atoms with Gasteiger partial charge in [0.25, 0.3) is 0 Å². The Hall–Kier alpha value is -1.24. The van der Waals surface area contributed by atoms with Crippen LogP contribution in [0.4, 0.5) is 13.2 Å². The Morgan fingerprint density at radius 3 is 2.33 bits per heavy atom. The summed E-state index contributed by atoms with van der Waals surface area (Å²) >= 11 is 7.39. The highest BCUT2D eigenvalue weighted by Gasteiger charge is 2.30. The van der Waals surface area contributed by atoms with Crippen molar-refractivity contribution in [2.24, 2.45) is 0 Å². The van der Waals surface area contributed by atoms with E-state index in [-0.39, 0.29) is 11.8 Å². The van der Waals surface area contributed by atoms with Gasteiger partial charge in [-0.1, -0.05) is 23.7 Å². The lowest BCUT2D eigenvalue weighted by Crippen LogP contribution is -2.18. The number of hydrogen-bond acceptors (Lipinski definition) is 3. The van der Waals surface area contributed by atoms with E-state index in [2.05, 4.69) is 10.1 Å². The van der Waals surface area contributed by atoms with Crippen LogP contribution >= 0.6 is 22.9 Å². The van der Waals surface area contributed by atoms with E-state index in [1.807, 2.05) is 19.2 Å². The van der Waals surface area contributed by atoms with Gasteiger partial charge in [-0.25, -0.2) is 0 Å². The van der Waals surface area contributed by atoms with Gasteiger partial charge >= 0.3 is 6.36 Å². The molecule has 0 bridgehead atoms. The highest BCUT2D eigenvalue weighted by atomic mass is 35.5. The summed E-state index contributed by atoms with van der Waals surface area (Å²) in [6.45, 7) is 0. The van der Waals surface area contributed by atoms with Crippen LogP contribution in [0.5, 0.6) is 5.75 Å². The smallest absolute Gasteiger partial charge is 0.406 e. The fourth-order valence-corrected chi connectivity index (χ4v) is 3.09. The second-order valence-corrected chi connectivity index (χ2v) is 6.13. The predicted octanol–water partition coefficient (Wildman–Crippen LogP) is 4.80. The van der Waals surface area contributed by atoms with Gasteiger partial charge in [-0.15, -0.1) is 24.5 Å². The van der Waals surface area contributed by atoms with Crippen molar-refractivity contribution in [2.75, 3.05) is 7.05 Å². The normalized spacial score (nSPS) is 13.2. The third kappa shape index (κ3) is 4.91. The van der Waals surface area contributed by atoms with Gasteiger partial charge in [0.05, 0.1) is 4.34 Å². The third-order valence-corrected chi connectivity index (χ3v) is 4.23. The molecule has 1 aromatic carbocycles. The van der Waals surface area contributed by atoms with Gasteiger partial charge in [0.15, 0.2) is 0 Å². The zero-order chi connectivity index (χ0) is 15.5. The van der Waals surface area contributed by atoms with Crippen LogP contribution in [0.1, 0.15) is 16.5 Å². The summed E-state index contributed by atoms with van der Waals surface area (Å²) in [6, 6.07) is 9.72. The van der Waals surface area contributed by atoms with Crippen LogP contribution in [-0.2, 0) is 6.42 Å². The van der Waals surface area contributed by atoms with E-state index in [1.165, 1.54) is 23.5 Å². The maximum absolute atomic E-state index is 12.1. The van der Waals surface area contributed by atoms with Crippen LogP contribution in [0.15, 0.2) is 36.4 Å². The Morgan fingerprint density at radius 1 is 1.19 bits per heavy atom. The third-order valence-electron chi connectivity index (χ3n) is 2.88. The summed E-state index contributed by atoms with van der Waals surface area (Å²) in [4.78, 5) is 1.08. The molecular weight excluding hydrogens is 323 g/mol. The molecule has 2 nitrogen and oxygen atoms in total. The Bertz CT molecular complexity index is 583. The van der Waals surface area contributed by atoms with Crippen LogP contribution in [-0.4, -0.2) is 13.4 Å². The maximum atomic E-state index is 12.1. The summed E-state index contributed by atoms with van der Waals surface area (Å²) in [6.07, 6.45) is -4.01. The molecule has 7 heteroatoms. The molecule has 21 heavy (non-hydrogen) atoms. The Balaban J connectivity index is 2.05. The molecule has 0 aliphatic heterocycles. The summed E-state index contributed by atoms with van der Waals surface area (Å²) in [7, 11) is 1.83. The van der Waals surface area contributed by atoms with Crippen molar-refractivity contribution >= 4 is 22.9 Å². The second-order valence-electron chi connectivity index (χ2n) is 4.38. The monoisotopic (exact) mass is 335 g/mol. The first-order valence-electron chi connectivity index (χ1n) is 6.14. The number of benzene rings is 1. The average Bonchev–Trinajstić information content (AvgIpc) is 2.82. The number of alkyl halides is 3. The molecule has 1 heterocycles. The number of likely N-dealkylation sites (N-methyl/N-ethyl adjacent to an activating group) is 1. The van der Waals surface area contributed by atoms with Crippen molar-refractivity contribution in [1.82, 2.24) is 5.32 Å². The molecule has 0 saturated carbocycles. The van der Waals surface area contributed by atoms with Crippen molar-refractivity contribution < 1.29 is 17.9 Å². The highest BCUT2D eigenvalue weighted by Crippen LogP contribution is 2.29. The molecule has 2 rings (SSSR count). The van der Waals surface area contributed by atoms with Crippen LogP contribution in [0.2, 0.25) is 4.34 Å². The van der Waals surface area contributed by atoms with Crippen molar-refractivity contribution in [3.8, 4) is 5.75 Å². The predicted molar refractivity (Wildman–Crippen MR) is 78.0 cm³/mol. The summed E-state index contributed by atoms with van der Waals surface area (Å²) < 4.78 is 40.8. The van der Waals surface area contributed by atoms with Crippen LogP contribution in [0.3, 0.4) is 0 Å². The van der Waals surface area contributed by atoms with E-state index in [4.69, 9.17) is 11.6 Å². The molecule has 0 aliphatic rings. The quantitative estimate of drug-likeness (QED) is 0.847. The van der Waals surface area contributed by atoms with Gasteiger partial charge in [0.1, 0.15) is 5.75 Å². The molecule has 0 amide bonds. The van der Waals surface area contributed by atoms with Gasteiger partial charge in [-0.05, 0) is 43.3 Å². The number of thiophene rings is 1. The van der Waals surface area contributed by atoms with Crippen molar-refractivity contribution in [3.63, 3.8) is 0 Å². The van der Waals surface area contributed by atoms with Crippen LogP contribution in [0.25, 0.3) is 0 Å². The molecule has 2 aromatic rings. The Morgan fingerprint density at radius 2 is 1.86 bits per heavy atom.